The van der Waals surface area contributed by atoms with E-state index in [1.807, 2.05) is 30.3 Å². The molecular formula is C10H8NO2. The second-order valence-electron chi connectivity index (χ2n) is 2.96. The normalized spacial score (nSPS) is 13.4. The van der Waals surface area contributed by atoms with Crippen molar-refractivity contribution in [2.45, 2.75) is 6.42 Å². The van der Waals surface area contributed by atoms with Crippen molar-refractivity contribution in [3.63, 3.8) is 0 Å². The molecule has 13 heavy (non-hydrogen) atoms. The van der Waals surface area contributed by atoms with E-state index in [0.29, 0.717) is 12.1 Å². The molecule has 0 saturated heterocycles. The van der Waals surface area contributed by atoms with Crippen LogP contribution in [0, 0.1) is 0 Å². The first kappa shape index (κ1) is 7.86. The molecule has 0 aromatic heterocycles. The van der Waals surface area contributed by atoms with E-state index in [2.05, 4.69) is 5.32 Å². The minimum Gasteiger partial charge on any atom is -0.292 e. The second kappa shape index (κ2) is 2.94. The molecule has 0 aliphatic heterocycles. The zero-order valence-corrected chi connectivity index (χ0v) is 6.91. The molecule has 1 aliphatic carbocycles. The number of nitrogens with one attached hydrogen (secondary N) is 1. The van der Waals surface area contributed by atoms with Crippen LogP contribution in [0.2, 0.25) is 0 Å². The standard InChI is InChI=1S/C10H8NO2/c12-10(13)11-9-5-7-3-1-2-4-8(7)6-9/h1-5,11H,6H2. The van der Waals surface area contributed by atoms with Crippen LogP contribution in [0.5, 0.6) is 0 Å². The number of rotatable bonds is 1. The van der Waals surface area contributed by atoms with Crippen molar-refractivity contribution < 1.29 is 9.90 Å². The fourth-order valence-electron chi connectivity index (χ4n) is 1.49. The van der Waals surface area contributed by atoms with Gasteiger partial charge in [0.1, 0.15) is 0 Å². The Hall–Kier alpha value is -1.77. The summed E-state index contributed by atoms with van der Waals surface area (Å²) < 4.78 is 0. The summed E-state index contributed by atoms with van der Waals surface area (Å²) in [4.78, 5) is 10.2. The summed E-state index contributed by atoms with van der Waals surface area (Å²) in [7, 11) is 0. The highest BCUT2D eigenvalue weighted by molar-refractivity contribution is 5.72. The number of carbonyl (C=O) groups is 1. The molecule has 1 radical (unpaired) electrons. The smallest absolute Gasteiger partial charge is 0.292 e. The number of amides is 1. The molecule has 0 atom stereocenters. The quantitative estimate of drug-likeness (QED) is 0.692. The summed E-state index contributed by atoms with van der Waals surface area (Å²) in [5.74, 6) is 0. The van der Waals surface area contributed by atoms with E-state index in [9.17, 15) is 9.90 Å². The predicted molar refractivity (Wildman–Crippen MR) is 47.3 cm³/mol. The monoisotopic (exact) mass is 174 g/mol. The Morgan fingerprint density at radius 1 is 1.31 bits per heavy atom. The molecule has 0 unspecified atom stereocenters. The summed E-state index contributed by atoms with van der Waals surface area (Å²) in [6, 6.07) is 7.81. The SMILES string of the molecule is [O]C(=O)NC1=Cc2ccccc2C1. The number of fused-ring (bicyclic) bond motifs is 1. The summed E-state index contributed by atoms with van der Waals surface area (Å²) >= 11 is 0. The molecule has 0 fully saturated rings. The van der Waals surface area contributed by atoms with E-state index >= 15 is 0 Å². The van der Waals surface area contributed by atoms with Gasteiger partial charge in [-0.15, -0.1) is 0 Å². The molecule has 1 aliphatic rings. The summed E-state index contributed by atoms with van der Waals surface area (Å²) in [5, 5.41) is 12.5. The van der Waals surface area contributed by atoms with Gasteiger partial charge in [-0.25, -0.2) is 9.90 Å². The molecular weight excluding hydrogens is 166 g/mol. The maximum Gasteiger partial charge on any atom is 0.454 e. The van der Waals surface area contributed by atoms with Gasteiger partial charge >= 0.3 is 6.09 Å². The lowest BCUT2D eigenvalue weighted by Crippen LogP contribution is -2.18. The van der Waals surface area contributed by atoms with E-state index in [-0.39, 0.29) is 0 Å². The highest BCUT2D eigenvalue weighted by Gasteiger charge is 2.13. The first-order valence-electron chi connectivity index (χ1n) is 4.02. The number of carbonyl (C=O) groups excluding carboxylic acids is 1. The van der Waals surface area contributed by atoms with Crippen molar-refractivity contribution in [2.24, 2.45) is 0 Å². The second-order valence-corrected chi connectivity index (χ2v) is 2.96. The predicted octanol–water partition coefficient (Wildman–Crippen LogP) is 1.72. The van der Waals surface area contributed by atoms with Crippen molar-refractivity contribution in [3.8, 4) is 0 Å². The average Bonchev–Trinajstić information content (AvgIpc) is 2.44. The van der Waals surface area contributed by atoms with E-state index in [4.69, 9.17) is 0 Å². The van der Waals surface area contributed by atoms with Crippen LogP contribution in [-0.4, -0.2) is 6.09 Å². The third kappa shape index (κ3) is 1.54. The minimum absolute atomic E-state index is 0.643. The van der Waals surface area contributed by atoms with Crippen LogP contribution in [0.1, 0.15) is 11.1 Å². The van der Waals surface area contributed by atoms with Crippen LogP contribution in [-0.2, 0) is 11.5 Å². The van der Waals surface area contributed by atoms with E-state index in [1.165, 1.54) is 0 Å². The van der Waals surface area contributed by atoms with Gasteiger partial charge in [-0.3, -0.25) is 5.32 Å². The van der Waals surface area contributed by atoms with Gasteiger partial charge in [-0.2, -0.15) is 0 Å². The first-order chi connectivity index (χ1) is 6.25. The fourth-order valence-corrected chi connectivity index (χ4v) is 1.49. The van der Waals surface area contributed by atoms with Crippen LogP contribution in [0.3, 0.4) is 0 Å². The van der Waals surface area contributed by atoms with E-state index < -0.39 is 6.09 Å². The molecule has 0 bridgehead atoms. The Kier molecular flexibility index (Phi) is 1.77. The van der Waals surface area contributed by atoms with Crippen molar-refractivity contribution in [2.75, 3.05) is 0 Å². The van der Waals surface area contributed by atoms with Crippen LogP contribution < -0.4 is 5.32 Å². The summed E-state index contributed by atoms with van der Waals surface area (Å²) in [6.45, 7) is 0. The third-order valence-electron chi connectivity index (χ3n) is 2.03. The molecule has 65 valence electrons. The molecule has 1 N–H and O–H groups in total. The number of allylic oxidation sites excluding steroid dienone is 1. The minimum atomic E-state index is -1.25. The molecule has 1 aromatic carbocycles. The van der Waals surface area contributed by atoms with E-state index in [1.54, 1.807) is 0 Å². The van der Waals surface area contributed by atoms with Gasteiger partial charge in [-0.1, -0.05) is 24.3 Å². The highest BCUT2D eigenvalue weighted by atomic mass is 16.4. The van der Waals surface area contributed by atoms with Gasteiger partial charge in [-0.05, 0) is 17.2 Å². The van der Waals surface area contributed by atoms with Gasteiger partial charge in [0.25, 0.3) is 0 Å². The van der Waals surface area contributed by atoms with Crippen LogP contribution in [0.4, 0.5) is 4.79 Å². The van der Waals surface area contributed by atoms with Crippen LogP contribution in [0.25, 0.3) is 6.08 Å². The molecule has 3 heteroatoms. The van der Waals surface area contributed by atoms with Crippen molar-refractivity contribution in [1.82, 2.24) is 5.32 Å². The van der Waals surface area contributed by atoms with Crippen LogP contribution in [0.15, 0.2) is 30.0 Å². The molecule has 0 heterocycles. The lowest BCUT2D eigenvalue weighted by atomic mass is 10.1. The van der Waals surface area contributed by atoms with Crippen LogP contribution >= 0.6 is 0 Å². The molecule has 1 amide bonds. The number of hydrogen-bond acceptors (Lipinski definition) is 1. The van der Waals surface area contributed by atoms with Gasteiger partial charge < -0.3 is 0 Å². The van der Waals surface area contributed by atoms with E-state index in [0.717, 1.165) is 11.1 Å². The van der Waals surface area contributed by atoms with Gasteiger partial charge in [0.05, 0.1) is 0 Å². The highest BCUT2D eigenvalue weighted by Crippen LogP contribution is 2.22. The molecule has 3 nitrogen and oxygen atoms in total. The van der Waals surface area contributed by atoms with Crippen molar-refractivity contribution in [1.29, 1.82) is 0 Å². The largest absolute Gasteiger partial charge is 0.454 e. The molecule has 2 rings (SSSR count). The van der Waals surface area contributed by atoms with Crippen molar-refractivity contribution >= 4 is 12.2 Å². The molecule has 0 spiro atoms. The number of hydrogen-bond donors (Lipinski definition) is 1. The number of benzene rings is 1. The maximum absolute atomic E-state index is 10.2. The lowest BCUT2D eigenvalue weighted by Gasteiger charge is -1.97. The Bertz CT molecular complexity index is 382. The fraction of sp³-hybridized carbons (Fsp3) is 0.100. The lowest BCUT2D eigenvalue weighted by molar-refractivity contribution is 0.172. The van der Waals surface area contributed by atoms with Gasteiger partial charge in [0.15, 0.2) is 0 Å². The Balaban J connectivity index is 2.21. The third-order valence-corrected chi connectivity index (χ3v) is 2.03. The average molecular weight is 174 g/mol. The topological polar surface area (TPSA) is 49.0 Å². The summed E-state index contributed by atoms with van der Waals surface area (Å²) in [6.07, 6.45) is 1.22. The molecule has 1 aromatic rings. The maximum atomic E-state index is 10.2. The van der Waals surface area contributed by atoms with Gasteiger partial charge in [0, 0.05) is 12.1 Å². The Morgan fingerprint density at radius 3 is 2.77 bits per heavy atom. The Labute approximate surface area is 75.7 Å². The van der Waals surface area contributed by atoms with Gasteiger partial charge in [0.2, 0.25) is 0 Å². The van der Waals surface area contributed by atoms with Crippen molar-refractivity contribution in [3.05, 3.63) is 41.1 Å². The summed E-state index contributed by atoms with van der Waals surface area (Å²) in [5.41, 5.74) is 2.90. The Morgan fingerprint density at radius 2 is 2.08 bits per heavy atom. The first-order valence-corrected chi connectivity index (χ1v) is 4.02. The zero-order chi connectivity index (χ0) is 9.26. The molecule has 0 saturated carbocycles. The zero-order valence-electron chi connectivity index (χ0n) is 6.91.